The Kier molecular flexibility index (Phi) is 9.77. The Morgan fingerprint density at radius 1 is 1.13 bits per heavy atom. The van der Waals surface area contributed by atoms with Crippen molar-refractivity contribution in [2.45, 2.75) is 59.4 Å². The highest BCUT2D eigenvalue weighted by Gasteiger charge is 2.39. The smallest absolute Gasteiger partial charge is 0.338 e. The lowest BCUT2D eigenvalue weighted by Gasteiger charge is -2.40. The van der Waals surface area contributed by atoms with Gasteiger partial charge in [-0.1, -0.05) is 65.0 Å². The fourth-order valence-corrected chi connectivity index (χ4v) is 4.92. The largest absolute Gasteiger partial charge is 0.463 e. The Morgan fingerprint density at radius 2 is 1.76 bits per heavy atom. The third-order valence-electron chi connectivity index (χ3n) is 7.04. The van der Waals surface area contributed by atoms with E-state index in [2.05, 4.69) is 37.6 Å². The van der Waals surface area contributed by atoms with Crippen molar-refractivity contribution in [3.05, 3.63) is 59.3 Å². The summed E-state index contributed by atoms with van der Waals surface area (Å²) in [7, 11) is 0. The summed E-state index contributed by atoms with van der Waals surface area (Å²) in [5.74, 6) is 0.0582. The van der Waals surface area contributed by atoms with Gasteiger partial charge in [0, 0.05) is 51.4 Å². The zero-order valence-electron chi connectivity index (χ0n) is 23.9. The van der Waals surface area contributed by atoms with Crippen LogP contribution >= 0.6 is 0 Å². The van der Waals surface area contributed by atoms with Crippen molar-refractivity contribution in [1.29, 1.82) is 0 Å². The Labute approximate surface area is 227 Å². The molecular weight excluding hydrogens is 480 g/mol. The molecule has 1 aromatic rings. The predicted octanol–water partition coefficient (Wildman–Crippen LogP) is 4.24. The molecule has 2 heterocycles. The van der Waals surface area contributed by atoms with Crippen LogP contribution in [0.25, 0.3) is 0 Å². The zero-order valence-corrected chi connectivity index (χ0v) is 23.9. The van der Waals surface area contributed by atoms with Crippen molar-refractivity contribution in [3.8, 4) is 0 Å². The van der Waals surface area contributed by atoms with Crippen LogP contribution in [0.3, 0.4) is 0 Å². The number of benzene rings is 1. The van der Waals surface area contributed by atoms with Crippen LogP contribution in [0.15, 0.2) is 48.2 Å². The van der Waals surface area contributed by atoms with Gasteiger partial charge in [-0.25, -0.2) is 9.59 Å². The Hall–Kier alpha value is -3.13. The van der Waals surface area contributed by atoms with Crippen LogP contribution in [0, 0.1) is 5.92 Å². The quantitative estimate of drug-likeness (QED) is 0.386. The lowest BCUT2D eigenvalue weighted by molar-refractivity contribution is -0.139. The topological polar surface area (TPSA) is 82.2 Å². The number of ether oxygens (including phenoxy) is 1. The molecule has 3 rings (SSSR count). The van der Waals surface area contributed by atoms with Crippen molar-refractivity contribution >= 4 is 17.9 Å². The summed E-state index contributed by atoms with van der Waals surface area (Å²) in [6.07, 6.45) is 2.20. The number of urea groups is 1. The number of hydrogen-bond acceptors (Lipinski definition) is 5. The van der Waals surface area contributed by atoms with Gasteiger partial charge in [0.2, 0.25) is 5.91 Å². The maximum Gasteiger partial charge on any atom is 0.338 e. The third-order valence-corrected chi connectivity index (χ3v) is 7.04. The van der Waals surface area contributed by atoms with Gasteiger partial charge in [-0.2, -0.15) is 0 Å². The van der Waals surface area contributed by atoms with Crippen LogP contribution in [-0.4, -0.2) is 78.5 Å². The van der Waals surface area contributed by atoms with E-state index in [1.165, 1.54) is 5.56 Å². The molecule has 208 valence electrons. The van der Waals surface area contributed by atoms with Crippen LogP contribution in [0.1, 0.15) is 65.1 Å². The standard InChI is InChI=1S/C30H44N4O4/c1-8-14-34-24(20-32-15-17-33(18-16-32)25(35)19-21(3)4)26(28(36)38-9-2)27(31-29(34)37)22-10-12-23(13-11-22)30(5,6)7/h8,10-13,21,27H,1,9,14-20H2,2-7H3,(H,31,37)/t27-/m1/s1. The first-order valence-electron chi connectivity index (χ1n) is 13.7. The molecule has 1 saturated heterocycles. The van der Waals surface area contributed by atoms with Crippen molar-refractivity contribution in [2.24, 2.45) is 5.92 Å². The Bertz CT molecular complexity index is 1050. The summed E-state index contributed by atoms with van der Waals surface area (Å²) < 4.78 is 5.51. The van der Waals surface area contributed by atoms with Gasteiger partial charge >= 0.3 is 12.0 Å². The number of piperazine rings is 1. The van der Waals surface area contributed by atoms with Crippen molar-refractivity contribution < 1.29 is 19.1 Å². The third kappa shape index (κ3) is 7.04. The molecule has 8 nitrogen and oxygen atoms in total. The first-order valence-corrected chi connectivity index (χ1v) is 13.7. The van der Waals surface area contributed by atoms with Gasteiger partial charge in [0.05, 0.1) is 18.2 Å². The second kappa shape index (κ2) is 12.6. The van der Waals surface area contributed by atoms with E-state index < -0.39 is 12.0 Å². The van der Waals surface area contributed by atoms with Crippen LogP contribution < -0.4 is 5.32 Å². The summed E-state index contributed by atoms with van der Waals surface area (Å²) in [4.78, 5) is 45.0. The minimum absolute atomic E-state index is 0.0151. The minimum Gasteiger partial charge on any atom is -0.463 e. The molecule has 0 aromatic heterocycles. The number of hydrogen-bond donors (Lipinski definition) is 1. The molecule has 38 heavy (non-hydrogen) atoms. The van der Waals surface area contributed by atoms with Crippen LogP contribution in [0.2, 0.25) is 0 Å². The van der Waals surface area contributed by atoms with E-state index in [-0.39, 0.29) is 30.5 Å². The molecule has 0 bridgehead atoms. The van der Waals surface area contributed by atoms with E-state index >= 15 is 0 Å². The van der Waals surface area contributed by atoms with Crippen molar-refractivity contribution in [2.75, 3.05) is 45.9 Å². The molecule has 2 aliphatic heterocycles. The molecule has 0 aliphatic carbocycles. The monoisotopic (exact) mass is 524 g/mol. The Balaban J connectivity index is 1.96. The molecule has 0 unspecified atom stereocenters. The van der Waals surface area contributed by atoms with E-state index in [1.807, 2.05) is 43.0 Å². The van der Waals surface area contributed by atoms with E-state index in [9.17, 15) is 14.4 Å². The predicted molar refractivity (Wildman–Crippen MR) is 149 cm³/mol. The lowest BCUT2D eigenvalue weighted by Crippen LogP contribution is -2.54. The van der Waals surface area contributed by atoms with E-state index in [1.54, 1.807) is 17.9 Å². The molecule has 1 atom stereocenters. The normalized spacial score (nSPS) is 19.0. The van der Waals surface area contributed by atoms with Gasteiger partial charge in [0.15, 0.2) is 0 Å². The fraction of sp³-hybridized carbons (Fsp3) is 0.567. The first-order chi connectivity index (χ1) is 18.0. The fourth-order valence-electron chi connectivity index (χ4n) is 4.92. The average molecular weight is 525 g/mol. The van der Waals surface area contributed by atoms with Gasteiger partial charge < -0.3 is 15.0 Å². The van der Waals surface area contributed by atoms with Crippen LogP contribution in [0.5, 0.6) is 0 Å². The molecule has 0 radical (unpaired) electrons. The highest BCUT2D eigenvalue weighted by Crippen LogP contribution is 2.33. The van der Waals surface area contributed by atoms with Gasteiger partial charge in [0.1, 0.15) is 0 Å². The van der Waals surface area contributed by atoms with Crippen molar-refractivity contribution in [1.82, 2.24) is 20.0 Å². The molecule has 0 spiro atoms. The average Bonchev–Trinajstić information content (AvgIpc) is 2.85. The number of carbonyl (C=O) groups is 3. The van der Waals surface area contributed by atoms with Gasteiger partial charge in [-0.3, -0.25) is 14.6 Å². The van der Waals surface area contributed by atoms with E-state index in [4.69, 9.17) is 4.74 Å². The van der Waals surface area contributed by atoms with Gasteiger partial charge in [0.25, 0.3) is 0 Å². The maximum atomic E-state index is 13.4. The summed E-state index contributed by atoms with van der Waals surface area (Å²) in [6, 6.07) is 7.15. The molecule has 3 amide bonds. The lowest BCUT2D eigenvalue weighted by atomic mass is 9.85. The SMILES string of the molecule is C=CCN1C(=O)N[C@H](c2ccc(C(C)(C)C)cc2)C(C(=O)OCC)=C1CN1CCN(C(=O)CC(C)C)CC1. The maximum absolute atomic E-state index is 13.4. The van der Waals surface area contributed by atoms with Crippen LogP contribution in [0.4, 0.5) is 4.79 Å². The number of nitrogens with zero attached hydrogens (tertiary/aromatic N) is 3. The zero-order chi connectivity index (χ0) is 28.0. The molecule has 1 N–H and O–H groups in total. The summed E-state index contributed by atoms with van der Waals surface area (Å²) >= 11 is 0. The molecule has 1 fully saturated rings. The molecule has 2 aliphatic rings. The molecule has 0 saturated carbocycles. The highest BCUT2D eigenvalue weighted by atomic mass is 16.5. The summed E-state index contributed by atoms with van der Waals surface area (Å²) in [5, 5.41) is 3.03. The Morgan fingerprint density at radius 3 is 2.29 bits per heavy atom. The second-order valence-electron chi connectivity index (χ2n) is 11.5. The number of nitrogens with one attached hydrogen (secondary N) is 1. The van der Waals surface area contributed by atoms with Gasteiger partial charge in [-0.15, -0.1) is 6.58 Å². The van der Waals surface area contributed by atoms with Gasteiger partial charge in [-0.05, 0) is 29.4 Å². The molecular formula is C30H44N4O4. The van der Waals surface area contributed by atoms with Crippen molar-refractivity contribution in [3.63, 3.8) is 0 Å². The number of rotatable bonds is 9. The molecule has 8 heteroatoms. The second-order valence-corrected chi connectivity index (χ2v) is 11.5. The highest BCUT2D eigenvalue weighted by molar-refractivity contribution is 5.95. The minimum atomic E-state index is -0.624. The summed E-state index contributed by atoms with van der Waals surface area (Å²) in [6.45, 7) is 19.6. The summed E-state index contributed by atoms with van der Waals surface area (Å²) in [5.41, 5.74) is 3.05. The number of carbonyl (C=O) groups excluding carboxylic acids is 3. The van der Waals surface area contributed by atoms with E-state index in [0.717, 1.165) is 5.56 Å². The van der Waals surface area contributed by atoms with Crippen LogP contribution in [-0.2, 0) is 19.7 Å². The number of amides is 3. The first kappa shape index (κ1) is 29.4. The molecule has 1 aromatic carbocycles. The van der Waals surface area contributed by atoms with E-state index in [0.29, 0.717) is 56.3 Å². The number of esters is 1.